The molecule has 0 radical (unpaired) electrons. The largest absolute Gasteiger partial charge is 0.492 e. The maximum Gasteiger partial charge on any atom is 0.225 e. The second-order valence-electron chi connectivity index (χ2n) is 8.54. The van der Waals surface area contributed by atoms with Crippen LogP contribution in [-0.4, -0.2) is 56.7 Å². The number of piperidine rings is 1. The van der Waals surface area contributed by atoms with E-state index in [2.05, 4.69) is 50.4 Å². The van der Waals surface area contributed by atoms with Crippen molar-refractivity contribution in [3.8, 4) is 5.75 Å². The summed E-state index contributed by atoms with van der Waals surface area (Å²) in [6, 6.07) is 12.0. The lowest BCUT2D eigenvalue weighted by molar-refractivity contribution is 0.0256. The summed E-state index contributed by atoms with van der Waals surface area (Å²) in [5.41, 5.74) is 2.53. The van der Waals surface area contributed by atoms with E-state index in [4.69, 9.17) is 4.74 Å². The second-order valence-corrected chi connectivity index (χ2v) is 8.54. The molecule has 8 heteroatoms. The maximum atomic E-state index is 11.1. The number of β-amino-alcohol motifs (C(OH)–C–C–N with tert-alkyl or cyclic N) is 1. The van der Waals surface area contributed by atoms with Crippen LogP contribution in [-0.2, 0) is 13.1 Å². The number of nitrogens with one attached hydrogen (secondary N) is 1. The van der Waals surface area contributed by atoms with Crippen molar-refractivity contribution in [2.45, 2.75) is 45.4 Å². The molecule has 2 aromatic heterocycles. The average molecular weight is 437 g/mol. The molecule has 1 aliphatic heterocycles. The van der Waals surface area contributed by atoms with Crippen molar-refractivity contribution < 1.29 is 9.84 Å². The van der Waals surface area contributed by atoms with Crippen molar-refractivity contribution >= 4 is 5.95 Å². The molecule has 0 spiro atoms. The molecule has 0 saturated carbocycles. The number of hydrogen-bond donors (Lipinski definition) is 2. The predicted molar refractivity (Wildman–Crippen MR) is 124 cm³/mol. The molecule has 0 amide bonds. The van der Waals surface area contributed by atoms with Crippen LogP contribution in [0.15, 0.2) is 48.8 Å². The first kappa shape index (κ1) is 22.2. The second kappa shape index (κ2) is 10.1. The third kappa shape index (κ3) is 5.83. The van der Waals surface area contributed by atoms with Crippen LogP contribution < -0.4 is 15.0 Å². The van der Waals surface area contributed by atoms with Crippen LogP contribution in [0.25, 0.3) is 0 Å². The highest BCUT2D eigenvalue weighted by atomic mass is 16.5. The van der Waals surface area contributed by atoms with Gasteiger partial charge in [0.25, 0.3) is 0 Å². The number of hydrogen-bond acceptors (Lipinski definition) is 7. The maximum absolute atomic E-state index is 11.1. The number of aromatic nitrogens is 4. The molecule has 0 bridgehead atoms. The van der Waals surface area contributed by atoms with E-state index in [-0.39, 0.29) is 0 Å². The zero-order chi connectivity index (χ0) is 22.4. The van der Waals surface area contributed by atoms with Crippen molar-refractivity contribution in [3.05, 3.63) is 65.7 Å². The molecule has 1 fully saturated rings. The number of ether oxygens (including phenoxy) is 1. The monoisotopic (exact) mass is 436 g/mol. The van der Waals surface area contributed by atoms with E-state index in [9.17, 15) is 5.11 Å². The van der Waals surface area contributed by atoms with Gasteiger partial charge < -0.3 is 20.1 Å². The Labute approximate surface area is 189 Å². The Balaban J connectivity index is 1.21. The van der Waals surface area contributed by atoms with Crippen LogP contribution in [0.3, 0.4) is 0 Å². The van der Waals surface area contributed by atoms with E-state index >= 15 is 0 Å². The van der Waals surface area contributed by atoms with Gasteiger partial charge in [-0.3, -0.25) is 4.68 Å². The number of aliphatic hydroxyl groups is 1. The first-order chi connectivity index (χ1) is 15.5. The minimum atomic E-state index is -0.788. The predicted octanol–water partition coefficient (Wildman–Crippen LogP) is 2.49. The smallest absolute Gasteiger partial charge is 0.225 e. The highest BCUT2D eigenvalue weighted by Crippen LogP contribution is 2.23. The third-order valence-corrected chi connectivity index (χ3v) is 5.77. The minimum absolute atomic E-state index is 0.525. The van der Waals surface area contributed by atoms with E-state index in [0.29, 0.717) is 32.2 Å². The number of aryl methyl sites for hydroxylation is 2. The van der Waals surface area contributed by atoms with E-state index in [1.807, 2.05) is 23.7 Å². The molecule has 1 unspecified atom stereocenters. The molecule has 0 aliphatic carbocycles. The van der Waals surface area contributed by atoms with Crippen LogP contribution in [0.4, 0.5) is 5.95 Å². The van der Waals surface area contributed by atoms with Crippen LogP contribution in [0.1, 0.15) is 29.8 Å². The molecule has 1 aromatic carbocycles. The number of rotatable bonds is 9. The Hall–Kier alpha value is -2.97. The van der Waals surface area contributed by atoms with E-state index < -0.39 is 5.60 Å². The van der Waals surface area contributed by atoms with Gasteiger partial charge in [-0.1, -0.05) is 12.1 Å². The molecule has 3 heterocycles. The van der Waals surface area contributed by atoms with E-state index in [0.717, 1.165) is 48.6 Å². The van der Waals surface area contributed by atoms with Crippen molar-refractivity contribution in [1.82, 2.24) is 25.1 Å². The molecule has 3 aromatic rings. The molecule has 2 N–H and O–H groups in total. The number of anilines is 1. The summed E-state index contributed by atoms with van der Waals surface area (Å²) in [4.78, 5) is 10.7. The Kier molecular flexibility index (Phi) is 7.02. The Morgan fingerprint density at radius 3 is 2.66 bits per heavy atom. The quantitative estimate of drug-likeness (QED) is 0.533. The molecule has 1 aliphatic rings. The Morgan fingerprint density at radius 2 is 1.94 bits per heavy atom. The fraction of sp³-hybridized carbons (Fsp3) is 0.458. The summed E-state index contributed by atoms with van der Waals surface area (Å²) in [6.45, 7) is 7.98. The minimum Gasteiger partial charge on any atom is -0.492 e. The summed E-state index contributed by atoms with van der Waals surface area (Å²) < 4.78 is 7.83. The molecule has 1 saturated heterocycles. The Morgan fingerprint density at radius 1 is 1.16 bits per heavy atom. The van der Waals surface area contributed by atoms with Gasteiger partial charge in [0.05, 0.1) is 24.4 Å². The topological polar surface area (TPSA) is 88.3 Å². The zero-order valence-electron chi connectivity index (χ0n) is 18.9. The highest BCUT2D eigenvalue weighted by Gasteiger charge is 2.33. The van der Waals surface area contributed by atoms with Crippen molar-refractivity contribution in [2.24, 2.45) is 0 Å². The van der Waals surface area contributed by atoms with Crippen LogP contribution in [0, 0.1) is 13.8 Å². The van der Waals surface area contributed by atoms with Gasteiger partial charge >= 0.3 is 0 Å². The average Bonchev–Trinajstić information content (AvgIpc) is 3.12. The molecular formula is C24H32N6O2. The van der Waals surface area contributed by atoms with Crippen molar-refractivity contribution in [3.63, 3.8) is 0 Å². The number of nitrogens with zero attached hydrogens (tertiary/aromatic N) is 5. The first-order valence-corrected chi connectivity index (χ1v) is 11.2. The number of benzene rings is 1. The molecule has 8 nitrogen and oxygen atoms in total. The lowest BCUT2D eigenvalue weighted by atomic mass is 9.93. The zero-order valence-corrected chi connectivity index (χ0v) is 18.9. The van der Waals surface area contributed by atoms with Gasteiger partial charge in [-0.05, 0) is 56.5 Å². The van der Waals surface area contributed by atoms with Crippen LogP contribution in [0.2, 0.25) is 0 Å². The lowest BCUT2D eigenvalue weighted by Crippen LogP contribution is -2.53. The third-order valence-electron chi connectivity index (χ3n) is 5.77. The van der Waals surface area contributed by atoms with Gasteiger partial charge in [-0.25, -0.2) is 9.97 Å². The molecule has 1 atom stereocenters. The summed E-state index contributed by atoms with van der Waals surface area (Å²) in [5.74, 6) is 1.53. The fourth-order valence-electron chi connectivity index (χ4n) is 4.18. The van der Waals surface area contributed by atoms with Gasteiger partial charge in [0, 0.05) is 37.7 Å². The summed E-state index contributed by atoms with van der Waals surface area (Å²) in [7, 11) is 0. The van der Waals surface area contributed by atoms with Gasteiger partial charge in [0.2, 0.25) is 5.95 Å². The highest BCUT2D eigenvalue weighted by molar-refractivity contribution is 5.31. The van der Waals surface area contributed by atoms with Gasteiger partial charge in [0.1, 0.15) is 12.4 Å². The van der Waals surface area contributed by atoms with Gasteiger partial charge in [-0.2, -0.15) is 5.10 Å². The SMILES string of the molecule is Cc1cc(C)n(CCOc2ccc(CNCC3(O)CCCN(c4ncccn4)C3)cc2)n1. The van der Waals surface area contributed by atoms with E-state index in [1.165, 1.54) is 0 Å². The summed E-state index contributed by atoms with van der Waals surface area (Å²) >= 11 is 0. The fourth-order valence-corrected chi connectivity index (χ4v) is 4.18. The van der Waals surface area contributed by atoms with Gasteiger partial charge in [0.15, 0.2) is 0 Å². The molecule has 170 valence electrons. The first-order valence-electron chi connectivity index (χ1n) is 11.2. The van der Waals surface area contributed by atoms with Crippen LogP contribution >= 0.6 is 0 Å². The van der Waals surface area contributed by atoms with Crippen molar-refractivity contribution in [1.29, 1.82) is 0 Å². The Bertz CT molecular complexity index is 991. The summed E-state index contributed by atoms with van der Waals surface area (Å²) in [6.07, 6.45) is 5.16. The van der Waals surface area contributed by atoms with E-state index in [1.54, 1.807) is 18.5 Å². The van der Waals surface area contributed by atoms with Crippen molar-refractivity contribution in [2.75, 3.05) is 31.1 Å². The lowest BCUT2D eigenvalue weighted by Gasteiger charge is -2.39. The molecule has 4 rings (SSSR count). The normalized spacial score (nSPS) is 18.7. The molecule has 32 heavy (non-hydrogen) atoms. The van der Waals surface area contributed by atoms with Gasteiger partial charge in [-0.15, -0.1) is 0 Å². The summed E-state index contributed by atoms with van der Waals surface area (Å²) in [5, 5.41) is 18.9. The molecular weight excluding hydrogens is 404 g/mol. The standard InChI is InChI=1S/C24H32N6O2/c1-19-15-20(2)30(28-19)13-14-32-22-7-5-21(6-8-22)16-25-17-24(31)9-3-12-29(18-24)23-26-10-4-11-27-23/h4-8,10-11,15,25,31H,3,9,12-14,16-18H2,1-2H3. The van der Waals surface area contributed by atoms with Crippen LogP contribution in [0.5, 0.6) is 5.75 Å².